The van der Waals surface area contributed by atoms with Crippen molar-refractivity contribution < 1.29 is 14.3 Å². The van der Waals surface area contributed by atoms with Gasteiger partial charge in [0.05, 0.1) is 19.0 Å². The normalized spacial score (nSPS) is 11.0. The van der Waals surface area contributed by atoms with Gasteiger partial charge in [0.25, 0.3) is 5.91 Å². The number of hydrogen-bond acceptors (Lipinski definition) is 3. The number of carbonyl (C=O) groups excluding carboxylic acids is 1. The predicted molar refractivity (Wildman–Crippen MR) is 102 cm³/mol. The topological polar surface area (TPSA) is 53.7 Å². The lowest BCUT2D eigenvalue weighted by Gasteiger charge is -2.16. The van der Waals surface area contributed by atoms with Gasteiger partial charge in [0.1, 0.15) is 11.3 Å². The molecule has 1 amide bonds. The number of anilines is 1. The predicted octanol–water partition coefficient (Wildman–Crippen LogP) is 6.25. The first-order chi connectivity index (χ1) is 11.3. The second-order valence-electron chi connectivity index (χ2n) is 5.01. The van der Waals surface area contributed by atoms with Gasteiger partial charge in [-0.3, -0.25) is 4.79 Å². The van der Waals surface area contributed by atoms with Gasteiger partial charge in [-0.1, -0.05) is 23.2 Å². The van der Waals surface area contributed by atoms with Crippen LogP contribution in [-0.4, -0.2) is 18.1 Å². The molecule has 1 heterocycles. The van der Waals surface area contributed by atoms with E-state index >= 15 is 0 Å². The summed E-state index contributed by atoms with van der Waals surface area (Å²) in [5, 5.41) is 11.3. The van der Waals surface area contributed by atoms with Crippen LogP contribution in [0.1, 0.15) is 10.6 Å². The molecular weight excluding hydrogens is 485 g/mol. The van der Waals surface area contributed by atoms with Gasteiger partial charge in [0.15, 0.2) is 5.76 Å². The van der Waals surface area contributed by atoms with E-state index in [9.17, 15) is 9.90 Å². The van der Waals surface area contributed by atoms with Gasteiger partial charge in [0.2, 0.25) is 0 Å². The van der Waals surface area contributed by atoms with Crippen molar-refractivity contribution in [3.8, 4) is 5.75 Å². The zero-order valence-electron chi connectivity index (χ0n) is 12.1. The molecule has 3 aromatic rings. The number of phenolic OH excluding ortho intramolecular Hbond substituents is 1. The zero-order valence-corrected chi connectivity index (χ0v) is 16.8. The van der Waals surface area contributed by atoms with Gasteiger partial charge in [-0.15, -0.1) is 0 Å². The molecule has 0 aliphatic heterocycles. The minimum atomic E-state index is -0.355. The molecular formula is C16H9Br2Cl2NO3. The Labute approximate surface area is 164 Å². The highest BCUT2D eigenvalue weighted by molar-refractivity contribution is 9.11. The molecule has 1 aromatic heterocycles. The Morgan fingerprint density at radius 2 is 1.88 bits per heavy atom. The number of hydrogen-bond donors (Lipinski definition) is 1. The first-order valence-corrected chi connectivity index (χ1v) is 8.97. The van der Waals surface area contributed by atoms with E-state index in [2.05, 4.69) is 31.9 Å². The average molecular weight is 494 g/mol. The van der Waals surface area contributed by atoms with Crippen molar-refractivity contribution in [3.05, 3.63) is 55.1 Å². The molecule has 124 valence electrons. The van der Waals surface area contributed by atoms with Crippen molar-refractivity contribution in [2.75, 3.05) is 11.9 Å². The fourth-order valence-corrected chi connectivity index (χ4v) is 3.67. The van der Waals surface area contributed by atoms with E-state index in [1.165, 1.54) is 4.90 Å². The molecule has 0 saturated carbocycles. The summed E-state index contributed by atoms with van der Waals surface area (Å²) >= 11 is 18.4. The van der Waals surface area contributed by atoms with Crippen LogP contribution < -0.4 is 4.90 Å². The average Bonchev–Trinajstić information content (AvgIpc) is 2.98. The van der Waals surface area contributed by atoms with Crippen LogP contribution in [0.25, 0.3) is 11.0 Å². The molecule has 0 fully saturated rings. The molecule has 4 nitrogen and oxygen atoms in total. The quantitative estimate of drug-likeness (QED) is 0.459. The summed E-state index contributed by atoms with van der Waals surface area (Å²) < 4.78 is 6.54. The van der Waals surface area contributed by atoms with E-state index in [0.29, 0.717) is 35.6 Å². The summed E-state index contributed by atoms with van der Waals surface area (Å²) in [6.45, 7) is 0. The fraction of sp³-hybridized carbons (Fsp3) is 0.0625. The van der Waals surface area contributed by atoms with Crippen molar-refractivity contribution >= 4 is 77.6 Å². The molecule has 0 aliphatic carbocycles. The number of aromatic hydroxyl groups is 1. The van der Waals surface area contributed by atoms with Crippen molar-refractivity contribution in [1.29, 1.82) is 0 Å². The van der Waals surface area contributed by atoms with Gasteiger partial charge < -0.3 is 14.4 Å². The number of halogens is 4. The molecule has 0 bridgehead atoms. The molecule has 0 aliphatic rings. The van der Waals surface area contributed by atoms with E-state index in [1.807, 2.05) is 0 Å². The molecule has 24 heavy (non-hydrogen) atoms. The molecule has 1 N–H and O–H groups in total. The second-order valence-corrected chi connectivity index (χ2v) is 7.47. The minimum Gasteiger partial charge on any atom is -0.506 e. The van der Waals surface area contributed by atoms with Crippen molar-refractivity contribution in [2.24, 2.45) is 0 Å². The van der Waals surface area contributed by atoms with Gasteiger partial charge in [-0.2, -0.15) is 0 Å². The Kier molecular flexibility index (Phi) is 4.84. The Hall–Kier alpha value is -1.21. The SMILES string of the molecule is CN(C(=O)c1cc2c(Br)c(O)c(Br)cc2o1)c1ccc(Cl)c(Cl)c1. The van der Waals surface area contributed by atoms with Gasteiger partial charge in [0, 0.05) is 18.1 Å². The summed E-state index contributed by atoms with van der Waals surface area (Å²) in [6.07, 6.45) is 0. The summed E-state index contributed by atoms with van der Waals surface area (Å²) in [5.41, 5.74) is 1.05. The minimum absolute atomic E-state index is 0.0418. The maximum Gasteiger partial charge on any atom is 0.293 e. The van der Waals surface area contributed by atoms with Crippen molar-refractivity contribution in [3.63, 3.8) is 0 Å². The number of amides is 1. The van der Waals surface area contributed by atoms with Gasteiger partial charge in [-0.25, -0.2) is 0 Å². The number of furan rings is 1. The monoisotopic (exact) mass is 491 g/mol. The van der Waals surface area contributed by atoms with E-state index < -0.39 is 0 Å². The van der Waals surface area contributed by atoms with Crippen molar-refractivity contribution in [1.82, 2.24) is 0 Å². The van der Waals surface area contributed by atoms with Gasteiger partial charge >= 0.3 is 0 Å². The summed E-state index contributed by atoms with van der Waals surface area (Å²) in [6, 6.07) is 8.08. The Morgan fingerprint density at radius 3 is 2.54 bits per heavy atom. The number of fused-ring (bicyclic) bond motifs is 1. The Morgan fingerprint density at radius 1 is 1.17 bits per heavy atom. The van der Waals surface area contributed by atoms with Crippen LogP contribution in [-0.2, 0) is 0 Å². The third kappa shape index (κ3) is 3.04. The molecule has 0 radical (unpaired) electrons. The standard InChI is InChI=1S/C16H9Br2Cl2NO3/c1-21(7-2-3-10(19)11(20)4-7)16(23)13-5-8-12(24-13)6-9(17)15(22)14(8)18/h2-6,22H,1H3. The smallest absolute Gasteiger partial charge is 0.293 e. The second kappa shape index (κ2) is 6.59. The van der Waals surface area contributed by atoms with E-state index in [4.69, 9.17) is 27.6 Å². The lowest BCUT2D eigenvalue weighted by molar-refractivity contribution is 0.0968. The number of nitrogens with zero attached hydrogens (tertiary/aromatic N) is 1. The zero-order chi connectivity index (χ0) is 17.6. The van der Waals surface area contributed by atoms with Crippen LogP contribution in [0.2, 0.25) is 10.0 Å². The summed E-state index contributed by atoms with van der Waals surface area (Å²) in [5.74, 6) is -0.177. The molecule has 0 saturated heterocycles. The maximum absolute atomic E-state index is 12.7. The molecule has 3 rings (SSSR count). The van der Waals surface area contributed by atoms with Crippen molar-refractivity contribution in [2.45, 2.75) is 0 Å². The van der Waals surface area contributed by atoms with Crippen LogP contribution >= 0.6 is 55.1 Å². The summed E-state index contributed by atoms with van der Waals surface area (Å²) in [4.78, 5) is 14.1. The molecule has 2 aromatic carbocycles. The van der Waals surface area contributed by atoms with E-state index in [0.717, 1.165) is 0 Å². The number of benzene rings is 2. The van der Waals surface area contributed by atoms with Crippen LogP contribution in [0.5, 0.6) is 5.75 Å². The summed E-state index contributed by atoms with van der Waals surface area (Å²) in [7, 11) is 1.61. The van der Waals surface area contributed by atoms with Crippen LogP contribution in [0, 0.1) is 0 Å². The number of rotatable bonds is 2. The number of phenols is 1. The highest BCUT2D eigenvalue weighted by atomic mass is 79.9. The van der Waals surface area contributed by atoms with E-state index in [-0.39, 0.29) is 17.4 Å². The highest BCUT2D eigenvalue weighted by Crippen LogP contribution is 2.40. The maximum atomic E-state index is 12.7. The third-order valence-corrected chi connectivity index (χ3v) is 5.64. The number of carbonyl (C=O) groups is 1. The highest BCUT2D eigenvalue weighted by Gasteiger charge is 2.21. The van der Waals surface area contributed by atoms with Crippen LogP contribution in [0.3, 0.4) is 0 Å². The lowest BCUT2D eigenvalue weighted by atomic mass is 10.2. The third-order valence-electron chi connectivity index (χ3n) is 3.50. The largest absolute Gasteiger partial charge is 0.506 e. The van der Waals surface area contributed by atoms with E-state index in [1.54, 1.807) is 37.4 Å². The molecule has 8 heteroatoms. The first kappa shape index (κ1) is 17.6. The first-order valence-electron chi connectivity index (χ1n) is 6.63. The Bertz CT molecular complexity index is 972. The lowest BCUT2D eigenvalue weighted by Crippen LogP contribution is -2.25. The molecule has 0 atom stereocenters. The fourth-order valence-electron chi connectivity index (χ4n) is 2.18. The molecule has 0 spiro atoms. The molecule has 0 unspecified atom stereocenters. The Balaban J connectivity index is 2.01. The van der Waals surface area contributed by atoms with Crippen LogP contribution in [0.15, 0.2) is 43.7 Å². The van der Waals surface area contributed by atoms with Gasteiger partial charge in [-0.05, 0) is 62.2 Å². The van der Waals surface area contributed by atoms with Crippen LogP contribution in [0.4, 0.5) is 5.69 Å².